The molecule has 1 heteroatoms. The molecule has 0 aromatic carbocycles. The number of hydrogen-bond donors (Lipinski definition) is 1. The molecule has 2 aliphatic carbocycles. The van der Waals surface area contributed by atoms with Crippen LogP contribution in [0.25, 0.3) is 0 Å². The largest absolute Gasteiger partial charge is 0.316 e. The van der Waals surface area contributed by atoms with Crippen LogP contribution < -0.4 is 5.32 Å². The predicted octanol–water partition coefficient (Wildman–Crippen LogP) is 1.95. The summed E-state index contributed by atoms with van der Waals surface area (Å²) in [6.07, 6.45) is 10.2. The molecule has 0 bridgehead atoms. The van der Waals surface area contributed by atoms with E-state index in [1.54, 1.807) is 0 Å². The molecule has 0 aliphatic heterocycles. The van der Waals surface area contributed by atoms with Crippen LogP contribution in [0.5, 0.6) is 0 Å². The maximum atomic E-state index is 3.55. The quantitative estimate of drug-likeness (QED) is 0.606. The number of rotatable bonds is 4. The third-order valence-corrected chi connectivity index (χ3v) is 2.67. The first-order valence-corrected chi connectivity index (χ1v) is 4.81. The molecule has 0 atom stereocenters. The summed E-state index contributed by atoms with van der Waals surface area (Å²) in [6, 6.07) is 0. The van der Waals surface area contributed by atoms with E-state index < -0.39 is 0 Å². The van der Waals surface area contributed by atoms with Crippen LogP contribution in [0.1, 0.15) is 25.7 Å². The molecule has 0 aromatic heterocycles. The van der Waals surface area contributed by atoms with Gasteiger partial charge in [0.2, 0.25) is 0 Å². The molecule has 0 spiro atoms. The summed E-state index contributed by atoms with van der Waals surface area (Å²) in [5, 5.41) is 3.55. The lowest BCUT2D eigenvalue weighted by molar-refractivity contribution is 0.494. The average molecular weight is 151 g/mol. The molecular formula is C10H17N. The van der Waals surface area contributed by atoms with Crippen molar-refractivity contribution in [3.8, 4) is 0 Å². The molecule has 1 saturated carbocycles. The minimum Gasteiger partial charge on any atom is -0.316 e. The smallest absolute Gasteiger partial charge is 0.00145 e. The van der Waals surface area contributed by atoms with Crippen molar-refractivity contribution in [2.75, 3.05) is 13.1 Å². The predicted molar refractivity (Wildman–Crippen MR) is 47.5 cm³/mol. The van der Waals surface area contributed by atoms with Crippen LogP contribution in [-0.2, 0) is 0 Å². The summed E-state index contributed by atoms with van der Waals surface area (Å²) >= 11 is 0. The van der Waals surface area contributed by atoms with Crippen LogP contribution in [0.15, 0.2) is 12.2 Å². The zero-order chi connectivity index (χ0) is 7.52. The van der Waals surface area contributed by atoms with Crippen molar-refractivity contribution in [2.45, 2.75) is 25.7 Å². The SMILES string of the molecule is C1=CCC(CNCC2CC2)C1. The van der Waals surface area contributed by atoms with Gasteiger partial charge in [0.25, 0.3) is 0 Å². The fraction of sp³-hybridized carbons (Fsp3) is 0.800. The molecule has 2 rings (SSSR count). The van der Waals surface area contributed by atoms with Gasteiger partial charge >= 0.3 is 0 Å². The Labute approximate surface area is 68.9 Å². The highest BCUT2D eigenvalue weighted by atomic mass is 14.9. The Hall–Kier alpha value is -0.300. The second-order valence-electron chi connectivity index (χ2n) is 3.91. The summed E-state index contributed by atoms with van der Waals surface area (Å²) < 4.78 is 0. The Kier molecular flexibility index (Phi) is 2.27. The summed E-state index contributed by atoms with van der Waals surface area (Å²) in [6.45, 7) is 2.51. The van der Waals surface area contributed by atoms with Crippen molar-refractivity contribution in [1.82, 2.24) is 5.32 Å². The molecule has 11 heavy (non-hydrogen) atoms. The number of allylic oxidation sites excluding steroid dienone is 2. The van der Waals surface area contributed by atoms with E-state index in [1.165, 1.54) is 38.8 Å². The Morgan fingerprint density at radius 3 is 2.27 bits per heavy atom. The fourth-order valence-corrected chi connectivity index (χ4v) is 1.65. The monoisotopic (exact) mass is 151 g/mol. The van der Waals surface area contributed by atoms with Crippen LogP contribution in [-0.4, -0.2) is 13.1 Å². The lowest BCUT2D eigenvalue weighted by Gasteiger charge is -2.09. The van der Waals surface area contributed by atoms with Gasteiger partial charge in [-0.3, -0.25) is 0 Å². The molecular weight excluding hydrogens is 134 g/mol. The zero-order valence-electron chi connectivity index (χ0n) is 7.05. The standard InChI is InChI=1S/C10H17N/c1-2-4-9(3-1)7-11-8-10-5-6-10/h1-2,9-11H,3-8H2. The minimum absolute atomic E-state index is 0.911. The van der Waals surface area contributed by atoms with Crippen molar-refractivity contribution < 1.29 is 0 Å². The lowest BCUT2D eigenvalue weighted by atomic mass is 10.1. The van der Waals surface area contributed by atoms with Gasteiger partial charge in [0.15, 0.2) is 0 Å². The first-order chi connectivity index (χ1) is 5.45. The number of nitrogens with one attached hydrogen (secondary N) is 1. The van der Waals surface area contributed by atoms with E-state index in [9.17, 15) is 0 Å². The van der Waals surface area contributed by atoms with Gasteiger partial charge in [-0.05, 0) is 50.6 Å². The summed E-state index contributed by atoms with van der Waals surface area (Å²) in [4.78, 5) is 0. The van der Waals surface area contributed by atoms with Gasteiger partial charge in [-0.2, -0.15) is 0 Å². The second kappa shape index (κ2) is 3.40. The molecule has 0 amide bonds. The van der Waals surface area contributed by atoms with Gasteiger partial charge in [0, 0.05) is 0 Å². The van der Waals surface area contributed by atoms with Crippen molar-refractivity contribution in [1.29, 1.82) is 0 Å². The van der Waals surface area contributed by atoms with E-state index in [0.29, 0.717) is 0 Å². The topological polar surface area (TPSA) is 12.0 Å². The normalized spacial score (nSPS) is 24.7. The molecule has 0 aromatic rings. The summed E-state index contributed by atoms with van der Waals surface area (Å²) in [5.41, 5.74) is 0. The van der Waals surface area contributed by atoms with Crippen molar-refractivity contribution >= 4 is 0 Å². The third kappa shape index (κ3) is 2.33. The Morgan fingerprint density at radius 1 is 1.00 bits per heavy atom. The number of hydrogen-bond acceptors (Lipinski definition) is 1. The molecule has 2 aliphatic rings. The van der Waals surface area contributed by atoms with E-state index in [4.69, 9.17) is 0 Å². The first kappa shape index (κ1) is 7.35. The van der Waals surface area contributed by atoms with Gasteiger partial charge in [0.1, 0.15) is 0 Å². The van der Waals surface area contributed by atoms with Crippen LogP contribution in [0.2, 0.25) is 0 Å². The molecule has 62 valence electrons. The van der Waals surface area contributed by atoms with E-state index >= 15 is 0 Å². The average Bonchev–Trinajstić information content (AvgIpc) is 2.66. The van der Waals surface area contributed by atoms with Crippen LogP contribution in [0.3, 0.4) is 0 Å². The van der Waals surface area contributed by atoms with Crippen LogP contribution in [0, 0.1) is 11.8 Å². The van der Waals surface area contributed by atoms with E-state index in [1.807, 2.05) is 0 Å². The van der Waals surface area contributed by atoms with Gasteiger partial charge in [-0.15, -0.1) is 0 Å². The van der Waals surface area contributed by atoms with Crippen LogP contribution in [0.4, 0.5) is 0 Å². The van der Waals surface area contributed by atoms with E-state index in [2.05, 4.69) is 17.5 Å². The maximum absolute atomic E-state index is 3.55. The highest BCUT2D eigenvalue weighted by Gasteiger charge is 2.20. The molecule has 0 heterocycles. The highest BCUT2D eigenvalue weighted by Crippen LogP contribution is 2.27. The molecule has 1 fully saturated rings. The van der Waals surface area contributed by atoms with Crippen molar-refractivity contribution in [3.05, 3.63) is 12.2 Å². The first-order valence-electron chi connectivity index (χ1n) is 4.81. The Bertz CT molecular complexity index is 139. The molecule has 1 N–H and O–H groups in total. The van der Waals surface area contributed by atoms with Gasteiger partial charge in [0.05, 0.1) is 0 Å². The summed E-state index contributed by atoms with van der Waals surface area (Å²) in [5.74, 6) is 1.94. The summed E-state index contributed by atoms with van der Waals surface area (Å²) in [7, 11) is 0. The fourth-order valence-electron chi connectivity index (χ4n) is 1.65. The van der Waals surface area contributed by atoms with Crippen molar-refractivity contribution in [2.24, 2.45) is 11.8 Å². The maximum Gasteiger partial charge on any atom is -0.00145 e. The molecule has 0 radical (unpaired) electrons. The third-order valence-electron chi connectivity index (χ3n) is 2.67. The molecule has 1 nitrogen and oxygen atoms in total. The Morgan fingerprint density at radius 2 is 1.64 bits per heavy atom. The van der Waals surface area contributed by atoms with Gasteiger partial charge in [-0.1, -0.05) is 12.2 Å². The lowest BCUT2D eigenvalue weighted by Crippen LogP contribution is -2.23. The minimum atomic E-state index is 0.911. The van der Waals surface area contributed by atoms with Crippen LogP contribution >= 0.6 is 0 Å². The van der Waals surface area contributed by atoms with Gasteiger partial charge < -0.3 is 5.32 Å². The molecule has 0 saturated heterocycles. The molecule has 0 unspecified atom stereocenters. The zero-order valence-corrected chi connectivity index (χ0v) is 7.05. The second-order valence-corrected chi connectivity index (χ2v) is 3.91. The highest BCUT2D eigenvalue weighted by molar-refractivity contribution is 4.94. The van der Waals surface area contributed by atoms with E-state index in [0.717, 1.165) is 11.8 Å². The van der Waals surface area contributed by atoms with Gasteiger partial charge in [-0.25, -0.2) is 0 Å². The van der Waals surface area contributed by atoms with Crippen molar-refractivity contribution in [3.63, 3.8) is 0 Å². The van der Waals surface area contributed by atoms with E-state index in [-0.39, 0.29) is 0 Å². The Balaban J connectivity index is 1.52.